The van der Waals surface area contributed by atoms with Gasteiger partial charge in [0.2, 0.25) is 0 Å². The molecule has 0 saturated carbocycles. The number of rotatable bonds is 8. The zero-order valence-electron chi connectivity index (χ0n) is 16.1. The minimum Gasteiger partial charge on any atom is -0.493 e. The molecule has 2 nitrogen and oxygen atoms in total. The van der Waals surface area contributed by atoms with Gasteiger partial charge >= 0.3 is 0 Å². The van der Waals surface area contributed by atoms with E-state index < -0.39 is 0 Å². The lowest BCUT2D eigenvalue weighted by Crippen LogP contribution is -1.98. The van der Waals surface area contributed by atoms with Crippen LogP contribution in [0.3, 0.4) is 0 Å². The zero-order valence-corrected chi connectivity index (χ0v) is 16.1. The maximum atomic E-state index is 6.28. The van der Waals surface area contributed by atoms with Gasteiger partial charge in [0.25, 0.3) is 0 Å². The van der Waals surface area contributed by atoms with Gasteiger partial charge in [0, 0.05) is 16.3 Å². The van der Waals surface area contributed by atoms with Crippen molar-refractivity contribution in [2.75, 3.05) is 6.61 Å². The normalized spacial score (nSPS) is 11.5. The van der Waals surface area contributed by atoms with Gasteiger partial charge in [-0.1, -0.05) is 51.7 Å². The second-order valence-corrected chi connectivity index (χ2v) is 7.01. The third-order valence-corrected chi connectivity index (χ3v) is 5.25. The second-order valence-electron chi connectivity index (χ2n) is 7.01. The molecule has 3 aromatic rings. The SMILES string of the molecule is CCCCCCCOc1ccc2c(oc3c(C)c(CC)ccc32)c1C. The fraction of sp³-hybridized carbons (Fsp3) is 0.478. The predicted molar refractivity (Wildman–Crippen MR) is 107 cm³/mol. The van der Waals surface area contributed by atoms with Gasteiger partial charge in [-0.2, -0.15) is 0 Å². The van der Waals surface area contributed by atoms with Crippen LogP contribution in [0, 0.1) is 13.8 Å². The molecule has 0 aliphatic carbocycles. The van der Waals surface area contributed by atoms with E-state index in [1.807, 2.05) is 0 Å². The lowest BCUT2D eigenvalue weighted by atomic mass is 10.0. The summed E-state index contributed by atoms with van der Waals surface area (Å²) in [4.78, 5) is 0. The Morgan fingerprint density at radius 1 is 0.800 bits per heavy atom. The Hall–Kier alpha value is -1.96. The quantitative estimate of drug-likeness (QED) is 0.408. The van der Waals surface area contributed by atoms with E-state index in [1.165, 1.54) is 47.6 Å². The molecule has 1 aromatic heterocycles. The van der Waals surface area contributed by atoms with Gasteiger partial charge in [0.1, 0.15) is 16.9 Å². The highest BCUT2D eigenvalue weighted by Gasteiger charge is 2.15. The zero-order chi connectivity index (χ0) is 17.8. The van der Waals surface area contributed by atoms with Gasteiger partial charge in [-0.05, 0) is 49.9 Å². The van der Waals surface area contributed by atoms with Crippen molar-refractivity contribution in [3.8, 4) is 5.75 Å². The van der Waals surface area contributed by atoms with Gasteiger partial charge in [-0.15, -0.1) is 0 Å². The third-order valence-electron chi connectivity index (χ3n) is 5.25. The number of benzene rings is 2. The summed E-state index contributed by atoms with van der Waals surface area (Å²) < 4.78 is 12.3. The Kier molecular flexibility index (Phi) is 5.67. The molecule has 0 aliphatic heterocycles. The maximum absolute atomic E-state index is 6.28. The molecule has 2 heteroatoms. The molecule has 0 N–H and O–H groups in total. The van der Waals surface area contributed by atoms with Crippen LogP contribution in [0.15, 0.2) is 28.7 Å². The maximum Gasteiger partial charge on any atom is 0.142 e. The van der Waals surface area contributed by atoms with Crippen LogP contribution >= 0.6 is 0 Å². The molecule has 3 rings (SSSR count). The summed E-state index contributed by atoms with van der Waals surface area (Å²) in [6.45, 7) is 9.48. The fourth-order valence-electron chi connectivity index (χ4n) is 3.62. The first kappa shape index (κ1) is 17.8. The molecule has 0 amide bonds. The molecule has 0 unspecified atom stereocenters. The van der Waals surface area contributed by atoms with Crippen molar-refractivity contribution in [1.29, 1.82) is 0 Å². The molecule has 0 radical (unpaired) electrons. The van der Waals surface area contributed by atoms with Gasteiger partial charge < -0.3 is 9.15 Å². The fourth-order valence-corrected chi connectivity index (χ4v) is 3.62. The molecule has 0 bridgehead atoms. The largest absolute Gasteiger partial charge is 0.493 e. The molecular formula is C23H30O2. The first-order chi connectivity index (χ1) is 12.2. The van der Waals surface area contributed by atoms with Crippen molar-refractivity contribution < 1.29 is 9.15 Å². The van der Waals surface area contributed by atoms with Crippen LogP contribution in [0.2, 0.25) is 0 Å². The van der Waals surface area contributed by atoms with Crippen LogP contribution < -0.4 is 4.74 Å². The summed E-state index contributed by atoms with van der Waals surface area (Å²) in [5, 5.41) is 2.40. The lowest BCUT2D eigenvalue weighted by Gasteiger charge is -2.09. The molecule has 2 aromatic carbocycles. The molecule has 0 atom stereocenters. The summed E-state index contributed by atoms with van der Waals surface area (Å²) in [5.41, 5.74) is 5.71. The van der Waals surface area contributed by atoms with Gasteiger partial charge in [0.15, 0.2) is 0 Å². The van der Waals surface area contributed by atoms with E-state index in [2.05, 4.69) is 52.0 Å². The topological polar surface area (TPSA) is 22.4 Å². The van der Waals surface area contributed by atoms with Crippen LogP contribution in [-0.4, -0.2) is 6.61 Å². The molecule has 0 aliphatic rings. The van der Waals surface area contributed by atoms with Crippen LogP contribution in [0.1, 0.15) is 62.6 Å². The Labute approximate surface area is 151 Å². The number of fused-ring (bicyclic) bond motifs is 3. The second kappa shape index (κ2) is 7.95. The summed E-state index contributed by atoms with van der Waals surface area (Å²) in [7, 11) is 0. The average molecular weight is 338 g/mol. The van der Waals surface area contributed by atoms with Gasteiger partial charge in [-0.25, -0.2) is 0 Å². The van der Waals surface area contributed by atoms with Crippen LogP contribution in [-0.2, 0) is 6.42 Å². The highest BCUT2D eigenvalue weighted by atomic mass is 16.5. The minimum atomic E-state index is 0.787. The molecular weight excluding hydrogens is 308 g/mol. The number of hydrogen-bond donors (Lipinski definition) is 0. The summed E-state index contributed by atoms with van der Waals surface area (Å²) in [6.07, 6.45) is 7.31. The predicted octanol–water partition coefficient (Wildman–Crippen LogP) is 7.11. The summed E-state index contributed by atoms with van der Waals surface area (Å²) in [6, 6.07) is 8.66. The molecule has 134 valence electrons. The highest BCUT2D eigenvalue weighted by Crippen LogP contribution is 2.37. The van der Waals surface area contributed by atoms with Crippen molar-refractivity contribution in [2.45, 2.75) is 66.2 Å². The highest BCUT2D eigenvalue weighted by molar-refractivity contribution is 6.07. The first-order valence-corrected chi connectivity index (χ1v) is 9.74. The van der Waals surface area contributed by atoms with Crippen LogP contribution in [0.25, 0.3) is 21.9 Å². The smallest absolute Gasteiger partial charge is 0.142 e. The van der Waals surface area contributed by atoms with E-state index in [0.717, 1.165) is 41.9 Å². The number of aryl methyl sites for hydroxylation is 3. The Morgan fingerprint density at radius 2 is 1.48 bits per heavy atom. The van der Waals surface area contributed by atoms with Crippen LogP contribution in [0.4, 0.5) is 0 Å². The van der Waals surface area contributed by atoms with E-state index in [-0.39, 0.29) is 0 Å². The first-order valence-electron chi connectivity index (χ1n) is 9.74. The Bertz CT molecular complexity index is 858. The van der Waals surface area contributed by atoms with Crippen molar-refractivity contribution >= 4 is 21.9 Å². The molecule has 0 fully saturated rings. The van der Waals surface area contributed by atoms with E-state index in [4.69, 9.17) is 9.15 Å². The van der Waals surface area contributed by atoms with E-state index >= 15 is 0 Å². The molecule has 1 heterocycles. The van der Waals surface area contributed by atoms with Crippen molar-refractivity contribution in [2.24, 2.45) is 0 Å². The Balaban J connectivity index is 1.84. The molecule has 0 spiro atoms. The lowest BCUT2D eigenvalue weighted by molar-refractivity contribution is 0.302. The van der Waals surface area contributed by atoms with Crippen molar-refractivity contribution in [3.05, 3.63) is 41.0 Å². The van der Waals surface area contributed by atoms with Crippen LogP contribution in [0.5, 0.6) is 5.75 Å². The van der Waals surface area contributed by atoms with Crippen molar-refractivity contribution in [3.63, 3.8) is 0 Å². The molecule has 0 saturated heterocycles. The van der Waals surface area contributed by atoms with Crippen molar-refractivity contribution in [1.82, 2.24) is 0 Å². The minimum absolute atomic E-state index is 0.787. The molecule has 25 heavy (non-hydrogen) atoms. The van der Waals surface area contributed by atoms with Gasteiger partial charge in [-0.3, -0.25) is 0 Å². The number of hydrogen-bond acceptors (Lipinski definition) is 2. The average Bonchev–Trinajstić information content (AvgIpc) is 3.00. The van der Waals surface area contributed by atoms with E-state index in [0.29, 0.717) is 0 Å². The standard InChI is InChI=1S/C23H30O2/c1-5-7-8-9-10-15-24-21-14-13-20-19-12-11-18(6-2)16(3)22(19)25-23(20)17(21)4/h11-14H,5-10,15H2,1-4H3. The number of ether oxygens (including phenoxy) is 1. The van der Waals surface area contributed by atoms with E-state index in [9.17, 15) is 0 Å². The van der Waals surface area contributed by atoms with E-state index in [1.54, 1.807) is 0 Å². The number of unbranched alkanes of at least 4 members (excludes halogenated alkanes) is 4. The monoisotopic (exact) mass is 338 g/mol. The Morgan fingerprint density at radius 3 is 2.20 bits per heavy atom. The third kappa shape index (κ3) is 3.53. The van der Waals surface area contributed by atoms with Gasteiger partial charge in [0.05, 0.1) is 6.61 Å². The summed E-state index contributed by atoms with van der Waals surface area (Å²) >= 11 is 0. The summed E-state index contributed by atoms with van der Waals surface area (Å²) in [5.74, 6) is 0.954. The number of furan rings is 1.